The number of amides is 5. The number of phenolic OH excluding ortho intramolecular Hbond substituents is 4. The number of aliphatic hydroxyl groups is 4. The van der Waals surface area contributed by atoms with Crippen LogP contribution in [0.3, 0.4) is 0 Å². The second-order valence-electron chi connectivity index (χ2n) is 22.8. The molecule has 0 aliphatic heterocycles. The first-order valence-corrected chi connectivity index (χ1v) is 35.5. The lowest BCUT2D eigenvalue weighted by Gasteiger charge is -2.23. The molecular formula is C81H99N13O28. The molecular weight excluding hydrogens is 1600 g/mol. The fraction of sp³-hybridized carbons (Fsp3) is 0.284. The maximum atomic E-state index is 13.3. The molecule has 656 valence electrons. The number of allylic oxidation sites excluding steroid dienone is 1. The molecule has 7 aromatic rings. The van der Waals surface area contributed by atoms with Gasteiger partial charge in [-0.1, -0.05) is 152 Å². The average Bonchev–Trinajstić information content (AvgIpc) is 0.846. The van der Waals surface area contributed by atoms with Crippen LogP contribution in [0.15, 0.2) is 200 Å². The Hall–Kier alpha value is -15.7. The highest BCUT2D eigenvalue weighted by molar-refractivity contribution is 5.90. The number of nitrogens with zero attached hydrogens (tertiary/aromatic N) is 4. The van der Waals surface area contributed by atoms with E-state index in [0.29, 0.717) is 23.9 Å². The van der Waals surface area contributed by atoms with E-state index in [2.05, 4.69) is 72.7 Å². The number of alkyl carbamates (subject to hydrolysis) is 3. The quantitative estimate of drug-likeness (QED) is 0.00171. The highest BCUT2D eigenvalue weighted by atomic mass is 16.8. The number of carbonyl (C=O) groups is 7. The molecule has 41 nitrogen and oxygen atoms in total. The summed E-state index contributed by atoms with van der Waals surface area (Å²) in [5.74, 6) is 3.20. The van der Waals surface area contributed by atoms with Crippen molar-refractivity contribution >= 4 is 60.9 Å². The molecule has 5 amide bonds. The first-order valence-electron chi connectivity index (χ1n) is 35.5. The Balaban J connectivity index is 0. The van der Waals surface area contributed by atoms with Gasteiger partial charge in [0.1, 0.15) is 80.6 Å². The van der Waals surface area contributed by atoms with E-state index in [1.165, 1.54) is 86.2 Å². The predicted octanol–water partition coefficient (Wildman–Crippen LogP) is 6.67. The molecule has 0 fully saturated rings. The lowest BCUT2D eigenvalue weighted by molar-refractivity contribution is -0.147. The van der Waals surface area contributed by atoms with Gasteiger partial charge < -0.3 is 124 Å². The first-order chi connectivity index (χ1) is 58.7. The van der Waals surface area contributed by atoms with Crippen molar-refractivity contribution in [1.82, 2.24) is 26.7 Å². The third-order valence-electron chi connectivity index (χ3n) is 13.9. The zero-order chi connectivity index (χ0) is 91.4. The smallest absolute Gasteiger partial charge is 0.408 e. The molecule has 0 unspecified atom stereocenters. The third-order valence-corrected chi connectivity index (χ3v) is 13.9. The Morgan fingerprint density at radius 2 is 0.689 bits per heavy atom. The summed E-state index contributed by atoms with van der Waals surface area (Å²) in [6.07, 6.45) is 5.73. The number of hydrogen-bond donors (Lipinski definition) is 17. The predicted molar refractivity (Wildman–Crippen MR) is 430 cm³/mol. The fourth-order valence-corrected chi connectivity index (χ4v) is 8.20. The largest absolute Gasteiger partial charge is 0.508 e. The molecule has 0 saturated carbocycles. The summed E-state index contributed by atoms with van der Waals surface area (Å²) in [6, 6.07) is 48.8. The number of esters is 2. The number of carbonyl (C=O) groups excluding carboxylic acids is 7. The van der Waals surface area contributed by atoms with E-state index in [4.69, 9.17) is 87.2 Å². The molecule has 0 radical (unpaired) electrons. The average molecular weight is 1700 g/mol. The molecule has 0 bridgehead atoms. The number of hydrogen-bond acceptors (Lipinski definition) is 36. The maximum Gasteiger partial charge on any atom is 0.408 e. The van der Waals surface area contributed by atoms with Crippen molar-refractivity contribution < 1.29 is 136 Å². The normalized spacial score (nSPS) is 10.2. The minimum Gasteiger partial charge on any atom is -0.508 e. The number of nitrogens with two attached hydrogens (primary N) is 1. The molecule has 41 heteroatoms. The number of rotatable bonds is 34. The van der Waals surface area contributed by atoms with Crippen LogP contribution in [0.1, 0.15) is 66.1 Å². The van der Waals surface area contributed by atoms with Crippen LogP contribution in [-0.2, 0) is 126 Å². The van der Waals surface area contributed by atoms with Crippen molar-refractivity contribution in [2.45, 2.75) is 96.9 Å². The van der Waals surface area contributed by atoms with Crippen molar-refractivity contribution in [3.63, 3.8) is 0 Å². The molecule has 0 heterocycles. The summed E-state index contributed by atoms with van der Waals surface area (Å²) in [5.41, 5.74) is 8.64. The number of methoxy groups -OCH3 is 1. The summed E-state index contributed by atoms with van der Waals surface area (Å²) in [7, 11) is 1.25. The maximum absolute atomic E-state index is 13.3. The van der Waals surface area contributed by atoms with Crippen LogP contribution in [-0.4, -0.2) is 180 Å². The number of benzene rings is 7. The Bertz CT molecular complexity index is 4060. The topological polar surface area (TPSA) is 654 Å². The highest BCUT2D eigenvalue weighted by Crippen LogP contribution is 2.17. The van der Waals surface area contributed by atoms with Gasteiger partial charge in [-0.3, -0.25) is 25.8 Å². The van der Waals surface area contributed by atoms with Gasteiger partial charge in [0.15, 0.2) is 12.8 Å². The van der Waals surface area contributed by atoms with E-state index >= 15 is 0 Å². The van der Waals surface area contributed by atoms with Crippen LogP contribution < -0.4 is 32.5 Å². The van der Waals surface area contributed by atoms with Gasteiger partial charge in [0.05, 0.1) is 13.7 Å². The van der Waals surface area contributed by atoms with Gasteiger partial charge in [-0.25, -0.2) is 35.2 Å². The molecule has 0 aliphatic carbocycles. The fourth-order valence-electron chi connectivity index (χ4n) is 8.20. The van der Waals surface area contributed by atoms with Gasteiger partial charge in [0.25, 0.3) is 44.5 Å². The summed E-state index contributed by atoms with van der Waals surface area (Å²) < 4.78 is 58.6. The van der Waals surface area contributed by atoms with E-state index < -0.39 is 85.9 Å². The Kier molecular flexibility index (Phi) is 63.8. The molecule has 0 aromatic heterocycles. The van der Waals surface area contributed by atoms with Gasteiger partial charge in [-0.05, 0) is 108 Å². The van der Waals surface area contributed by atoms with Gasteiger partial charge >= 0.3 is 36.3 Å². The summed E-state index contributed by atoms with van der Waals surface area (Å²) >= 11 is 0. The number of nitrogens with one attached hydrogen (secondary N) is 8. The van der Waals surface area contributed by atoms with Crippen LogP contribution in [0.2, 0.25) is 0 Å². The lowest BCUT2D eigenvalue weighted by Crippen LogP contribution is -2.53. The van der Waals surface area contributed by atoms with Crippen LogP contribution in [0, 0.1) is 62.3 Å². The van der Waals surface area contributed by atoms with Gasteiger partial charge in [0.2, 0.25) is 19.5 Å². The number of nitriles is 4. The van der Waals surface area contributed by atoms with E-state index in [9.17, 15) is 54.0 Å². The van der Waals surface area contributed by atoms with Gasteiger partial charge in [-0.2, -0.15) is 21.0 Å². The monoisotopic (exact) mass is 1700 g/mol. The molecule has 18 N–H and O–H groups in total. The molecule has 0 spiro atoms. The van der Waals surface area contributed by atoms with E-state index in [-0.39, 0.29) is 102 Å². The lowest BCUT2D eigenvalue weighted by atomic mass is 10.0. The van der Waals surface area contributed by atoms with Crippen LogP contribution in [0.4, 0.5) is 14.4 Å². The summed E-state index contributed by atoms with van der Waals surface area (Å²) in [5, 5.41) is 127. The van der Waals surface area contributed by atoms with Crippen molar-refractivity contribution in [3.05, 3.63) is 239 Å². The highest BCUT2D eigenvalue weighted by Gasteiger charge is 2.29. The van der Waals surface area contributed by atoms with E-state index in [1.54, 1.807) is 67.6 Å². The zero-order valence-corrected chi connectivity index (χ0v) is 66.8. The molecule has 122 heavy (non-hydrogen) atoms. The first kappa shape index (κ1) is 108. The standard InChI is InChI=1S/C28H30N2O7.C18H19NO5.C17H19N3O4.C5H9N3O4.C5H10.2C3H2N2O2.2CH4O2/c1-2-36-27(34)25(17-20-10-14-23(32)15-11-20)29-26(33)24(16-19-8-12-22(31)13-9-19)30-28(35)37-18-21-6-4-3-5-7-21;1-23-17(21)16(11-13-7-9-15(20)10-8-13)19-18(22)24-12-14-5-3-2-4-6-14;18-20-16(22)15(10-12-6-8-14(21)9-7-12)19-17(23)24-11-13-4-2-1-3-5-13;6-1-9-3-11-5(8)12-4-10-2-7;1-4-5(2)3;2*4-1-6-3-7-2-5;2*2-1-3/h3-15,24-25,31-32H,2,16-18H2,1H3,(H,29,33)(H,30,35);2-10,16,20H,11-12H2,1H3,(H,19,22);1-9,15,21H,10-11,18H2,(H,19,23)(H,20,22);1-2,6-8H,3-4H2;2,4H2,1,3H3;2*3H2;2*2-3H,1H2/t24-,25-;16-;15-;;;;;;/m111....../s1. The molecule has 7 rings (SSSR count). The number of ether oxygens (including phenoxy) is 13. The number of aliphatic hydroxyl groups excluding tert-OH is 2. The number of aromatic hydroxyl groups is 4. The minimum atomic E-state index is -1.08. The van der Waals surface area contributed by atoms with E-state index in [1.807, 2.05) is 91.2 Å². The second-order valence-corrected chi connectivity index (χ2v) is 22.8. The molecule has 0 saturated heterocycles. The number of phenols is 4. The second kappa shape index (κ2) is 71.8. The van der Waals surface area contributed by atoms with Crippen molar-refractivity contribution in [2.75, 3.05) is 54.5 Å². The summed E-state index contributed by atoms with van der Waals surface area (Å²) in [4.78, 5) is 86.0. The van der Waals surface area contributed by atoms with Crippen LogP contribution >= 0.6 is 0 Å². The minimum absolute atomic E-state index is 0.0204. The van der Waals surface area contributed by atoms with Crippen molar-refractivity contribution in [2.24, 2.45) is 5.84 Å². The Morgan fingerprint density at radius 3 is 0.943 bits per heavy atom. The van der Waals surface area contributed by atoms with Crippen molar-refractivity contribution in [3.8, 4) is 48.0 Å². The van der Waals surface area contributed by atoms with E-state index in [0.717, 1.165) is 34.2 Å². The van der Waals surface area contributed by atoms with Crippen LogP contribution in [0.5, 0.6) is 23.0 Å². The molecule has 0 aliphatic rings. The molecule has 4 atom stereocenters. The zero-order valence-electron chi connectivity index (χ0n) is 66.8. The van der Waals surface area contributed by atoms with Crippen molar-refractivity contribution in [1.29, 1.82) is 37.3 Å². The van der Waals surface area contributed by atoms with Crippen LogP contribution in [0.25, 0.3) is 0 Å². The third kappa shape index (κ3) is 58.2. The Labute approximate surface area is 702 Å². The Morgan fingerprint density at radius 1 is 0.418 bits per heavy atom. The molecule has 7 aromatic carbocycles. The number of hydrazine groups is 1. The SMILES string of the molecule is C=C(C)CC.CCOC(=O)[C@@H](Cc1ccc(O)cc1)NC(=O)[C@@H](Cc1ccc(O)cc1)NC(=O)OCc1ccccc1.COC(=O)[C@@H](Cc1ccc(O)cc1)NC(=O)OCc1ccccc1.N#COCOC#N.N#COCOC#N.N=COCOC(=N)OCOC=N.NNC(=O)[C@@H](Cc1ccc(O)cc1)NC(=O)OCc1ccccc1.OCO.OCO. The van der Waals surface area contributed by atoms with Gasteiger partial charge in [-0.15, -0.1) is 6.58 Å². The van der Waals surface area contributed by atoms with Gasteiger partial charge in [0, 0.05) is 25.7 Å². The summed E-state index contributed by atoms with van der Waals surface area (Å²) in [6.45, 7) is 7.24.